The van der Waals surface area contributed by atoms with Crippen LogP contribution in [-0.4, -0.2) is 62.1 Å². The molecule has 1 fully saturated rings. The third kappa shape index (κ3) is 7.53. The molecular formula is C26H38N8O. The molecule has 3 heterocycles. The molecule has 35 heavy (non-hydrogen) atoms. The Hall–Kier alpha value is -3.43. The first-order valence-corrected chi connectivity index (χ1v) is 12.1. The summed E-state index contributed by atoms with van der Waals surface area (Å²) in [6.45, 7) is 10.6. The van der Waals surface area contributed by atoms with Gasteiger partial charge in [0, 0.05) is 61.7 Å². The third-order valence-corrected chi connectivity index (χ3v) is 6.13. The standard InChI is InChI=1S/C26H38N8O/c1-18(2)20(14-27)13-25(29)33-26-5-4-23-24(32-26)12-21(17-31-23)22(15-28)16-30-7-6-19(3)34-8-10-35-11-9-34/h4-5,12-19,27,31-32H,6-11,28H2,1-3H3,(H2,29,33). The average molecular weight is 479 g/mol. The van der Waals surface area contributed by atoms with E-state index in [0.29, 0.717) is 17.7 Å². The van der Waals surface area contributed by atoms with Crippen molar-refractivity contribution in [2.75, 3.05) is 32.8 Å². The first-order valence-electron chi connectivity index (χ1n) is 12.1. The maximum atomic E-state index is 7.53. The molecule has 3 aliphatic heterocycles. The maximum Gasteiger partial charge on any atom is 0.132 e. The van der Waals surface area contributed by atoms with Crippen LogP contribution in [0.1, 0.15) is 27.2 Å². The predicted octanol–water partition coefficient (Wildman–Crippen LogP) is 2.30. The fourth-order valence-corrected chi connectivity index (χ4v) is 3.88. The Morgan fingerprint density at radius 2 is 2.00 bits per heavy atom. The highest BCUT2D eigenvalue weighted by Gasteiger charge is 2.18. The van der Waals surface area contributed by atoms with Crippen molar-refractivity contribution >= 4 is 18.3 Å². The lowest BCUT2D eigenvalue weighted by atomic mass is 10.0. The first kappa shape index (κ1) is 26.2. The summed E-state index contributed by atoms with van der Waals surface area (Å²) in [5.74, 6) is 1.16. The SMILES string of the molecule is CC(C)C(C=N)=CC(N)=NC1=CC=C2NC=C(C(C=NCCC(C)N3CCOCC3)=CN)C=C2N1. The Morgan fingerprint density at radius 1 is 1.23 bits per heavy atom. The summed E-state index contributed by atoms with van der Waals surface area (Å²) < 4.78 is 5.43. The molecule has 3 rings (SSSR count). The fourth-order valence-electron chi connectivity index (χ4n) is 3.88. The molecule has 0 saturated carbocycles. The second kappa shape index (κ2) is 12.9. The summed E-state index contributed by atoms with van der Waals surface area (Å²) in [4.78, 5) is 11.5. The van der Waals surface area contributed by atoms with Gasteiger partial charge in [0.2, 0.25) is 0 Å². The van der Waals surface area contributed by atoms with Gasteiger partial charge in [0.25, 0.3) is 0 Å². The smallest absolute Gasteiger partial charge is 0.132 e. The highest BCUT2D eigenvalue weighted by atomic mass is 16.5. The van der Waals surface area contributed by atoms with Crippen molar-refractivity contribution in [3.8, 4) is 0 Å². The normalized spacial score (nSPS) is 20.9. The zero-order chi connectivity index (χ0) is 25.2. The summed E-state index contributed by atoms with van der Waals surface area (Å²) in [5.41, 5.74) is 16.4. The first-order chi connectivity index (χ1) is 16.9. The molecule has 0 aromatic heterocycles. The quantitative estimate of drug-likeness (QED) is 0.241. The van der Waals surface area contributed by atoms with Gasteiger partial charge in [-0.15, -0.1) is 0 Å². The molecule has 9 nitrogen and oxygen atoms in total. The summed E-state index contributed by atoms with van der Waals surface area (Å²) >= 11 is 0. The van der Waals surface area contributed by atoms with Crippen LogP contribution < -0.4 is 22.1 Å². The molecule has 1 unspecified atom stereocenters. The van der Waals surface area contributed by atoms with Crippen LogP contribution in [0.3, 0.4) is 0 Å². The van der Waals surface area contributed by atoms with Crippen molar-refractivity contribution in [1.82, 2.24) is 15.5 Å². The highest BCUT2D eigenvalue weighted by Crippen LogP contribution is 2.22. The van der Waals surface area contributed by atoms with E-state index in [4.69, 9.17) is 21.6 Å². The molecular weight excluding hydrogens is 440 g/mol. The van der Waals surface area contributed by atoms with Gasteiger partial charge in [-0.3, -0.25) is 9.89 Å². The van der Waals surface area contributed by atoms with Gasteiger partial charge in [-0.05, 0) is 49.1 Å². The third-order valence-electron chi connectivity index (χ3n) is 6.13. The number of morpholine rings is 1. The summed E-state index contributed by atoms with van der Waals surface area (Å²) in [6, 6.07) is 0.474. The Morgan fingerprint density at radius 3 is 2.69 bits per heavy atom. The van der Waals surface area contributed by atoms with Gasteiger partial charge in [-0.25, -0.2) is 4.99 Å². The number of rotatable bonds is 10. The van der Waals surface area contributed by atoms with Gasteiger partial charge in [0.05, 0.1) is 24.6 Å². The van der Waals surface area contributed by atoms with E-state index in [1.54, 1.807) is 12.3 Å². The molecule has 7 N–H and O–H groups in total. The van der Waals surface area contributed by atoms with E-state index in [0.717, 1.165) is 67.4 Å². The molecule has 0 aliphatic carbocycles. The van der Waals surface area contributed by atoms with Crippen LogP contribution in [0.15, 0.2) is 80.6 Å². The number of nitrogens with two attached hydrogens (primary N) is 2. The number of hydrogen-bond donors (Lipinski definition) is 5. The number of allylic oxidation sites excluding steroid dienone is 6. The second-order valence-corrected chi connectivity index (χ2v) is 8.98. The Bertz CT molecular complexity index is 1020. The zero-order valence-electron chi connectivity index (χ0n) is 20.9. The Kier molecular flexibility index (Phi) is 9.63. The molecule has 9 heteroatoms. The van der Waals surface area contributed by atoms with Gasteiger partial charge in [-0.2, -0.15) is 0 Å². The average Bonchev–Trinajstić information content (AvgIpc) is 2.87. The number of fused-ring (bicyclic) bond motifs is 1. The van der Waals surface area contributed by atoms with Crippen molar-refractivity contribution in [2.45, 2.75) is 33.2 Å². The minimum Gasteiger partial charge on any atom is -0.404 e. The minimum absolute atomic E-state index is 0.199. The van der Waals surface area contributed by atoms with E-state index in [1.165, 1.54) is 6.21 Å². The molecule has 0 bridgehead atoms. The van der Waals surface area contributed by atoms with E-state index in [2.05, 4.69) is 32.4 Å². The number of dihydropyridines is 2. The van der Waals surface area contributed by atoms with E-state index < -0.39 is 0 Å². The lowest BCUT2D eigenvalue weighted by Crippen LogP contribution is -2.42. The van der Waals surface area contributed by atoms with Gasteiger partial charge in [0.15, 0.2) is 0 Å². The molecule has 0 aromatic rings. The second-order valence-electron chi connectivity index (χ2n) is 8.98. The van der Waals surface area contributed by atoms with Crippen molar-refractivity contribution < 1.29 is 4.74 Å². The molecule has 3 aliphatic rings. The van der Waals surface area contributed by atoms with E-state index in [9.17, 15) is 0 Å². The number of nitrogens with one attached hydrogen (secondary N) is 3. The summed E-state index contributed by atoms with van der Waals surface area (Å²) in [6.07, 6.45) is 15.1. The highest BCUT2D eigenvalue weighted by molar-refractivity contribution is 5.97. The monoisotopic (exact) mass is 478 g/mol. The van der Waals surface area contributed by atoms with Gasteiger partial charge < -0.3 is 32.2 Å². The van der Waals surface area contributed by atoms with E-state index in [-0.39, 0.29) is 5.92 Å². The largest absolute Gasteiger partial charge is 0.404 e. The summed E-state index contributed by atoms with van der Waals surface area (Å²) in [7, 11) is 0. The molecule has 188 valence electrons. The van der Waals surface area contributed by atoms with Gasteiger partial charge >= 0.3 is 0 Å². The maximum absolute atomic E-state index is 7.53. The molecule has 0 aromatic carbocycles. The predicted molar refractivity (Wildman–Crippen MR) is 144 cm³/mol. The fraction of sp³-hybridized carbons (Fsp3) is 0.423. The number of nitrogens with zero attached hydrogens (tertiary/aromatic N) is 3. The van der Waals surface area contributed by atoms with Crippen LogP contribution in [0, 0.1) is 11.3 Å². The molecule has 0 spiro atoms. The Balaban J connectivity index is 1.61. The lowest BCUT2D eigenvalue weighted by molar-refractivity contribution is 0.0191. The number of hydrogen-bond acceptors (Lipinski definition) is 8. The van der Waals surface area contributed by atoms with Crippen molar-refractivity contribution in [3.63, 3.8) is 0 Å². The lowest BCUT2D eigenvalue weighted by Gasteiger charge is -2.31. The molecule has 1 saturated heterocycles. The van der Waals surface area contributed by atoms with Gasteiger partial charge in [0.1, 0.15) is 11.7 Å². The molecule has 1 atom stereocenters. The van der Waals surface area contributed by atoms with Crippen molar-refractivity contribution in [3.05, 3.63) is 70.6 Å². The molecule has 0 amide bonds. The van der Waals surface area contributed by atoms with Crippen LogP contribution >= 0.6 is 0 Å². The number of aliphatic imine (C=N–C) groups is 2. The van der Waals surface area contributed by atoms with Gasteiger partial charge in [-0.1, -0.05) is 13.8 Å². The van der Waals surface area contributed by atoms with Crippen LogP contribution in [0.25, 0.3) is 0 Å². The Labute approximate surface area is 208 Å². The summed E-state index contributed by atoms with van der Waals surface area (Å²) in [5, 5.41) is 14.1. The number of ether oxygens (including phenoxy) is 1. The van der Waals surface area contributed by atoms with E-state index >= 15 is 0 Å². The van der Waals surface area contributed by atoms with Crippen LogP contribution in [0.2, 0.25) is 0 Å². The van der Waals surface area contributed by atoms with E-state index in [1.807, 2.05) is 44.5 Å². The van der Waals surface area contributed by atoms with Crippen LogP contribution in [0.5, 0.6) is 0 Å². The van der Waals surface area contributed by atoms with Crippen molar-refractivity contribution in [2.24, 2.45) is 27.4 Å². The van der Waals surface area contributed by atoms with Crippen LogP contribution in [-0.2, 0) is 4.74 Å². The zero-order valence-corrected chi connectivity index (χ0v) is 20.9. The topological polar surface area (TPSA) is 137 Å². The minimum atomic E-state index is 0.199. The van der Waals surface area contributed by atoms with Crippen molar-refractivity contribution in [1.29, 1.82) is 5.41 Å². The number of amidine groups is 1. The van der Waals surface area contributed by atoms with Crippen LogP contribution in [0.4, 0.5) is 0 Å². The molecule has 0 radical (unpaired) electrons.